The summed E-state index contributed by atoms with van der Waals surface area (Å²) in [4.78, 5) is 11.8. The van der Waals surface area contributed by atoms with Crippen molar-refractivity contribution in [3.8, 4) is 11.5 Å². The number of anilines is 1. The van der Waals surface area contributed by atoms with Crippen LogP contribution in [0, 0.1) is 0 Å². The highest BCUT2D eigenvalue weighted by Crippen LogP contribution is 2.40. The van der Waals surface area contributed by atoms with Crippen LogP contribution >= 0.6 is 0 Å². The predicted octanol–water partition coefficient (Wildman–Crippen LogP) is 5.23. The Morgan fingerprint density at radius 3 is 2.30 bits per heavy atom. The number of alkyl carbamates (subject to hydrolysis) is 1. The SMILES string of the molecule is CC(C)(C)OC(=O)NCCCCC(O)(Nc1ccc2c(c1)OCCO2)O[Si](C)(C)C(C)(C)C. The number of nitrogens with one attached hydrogen (secondary N) is 2. The third-order valence-corrected chi connectivity index (χ3v) is 10.2. The molecule has 1 heterocycles. The number of amides is 1. The van der Waals surface area contributed by atoms with Crippen molar-refractivity contribution in [2.75, 3.05) is 25.1 Å². The van der Waals surface area contributed by atoms with E-state index in [0.717, 1.165) is 0 Å². The Morgan fingerprint density at radius 1 is 1.06 bits per heavy atom. The van der Waals surface area contributed by atoms with Crippen molar-refractivity contribution in [1.29, 1.82) is 0 Å². The molecule has 1 unspecified atom stereocenters. The number of hydrogen-bond donors (Lipinski definition) is 3. The number of aliphatic hydroxyl groups is 1. The van der Waals surface area contributed by atoms with Crippen molar-refractivity contribution in [3.63, 3.8) is 0 Å². The lowest BCUT2D eigenvalue weighted by atomic mass is 10.1. The number of hydrogen-bond acceptors (Lipinski definition) is 7. The van der Waals surface area contributed by atoms with Gasteiger partial charge in [0.05, 0.1) is 0 Å². The van der Waals surface area contributed by atoms with Gasteiger partial charge in [-0.05, 0) is 63.9 Å². The van der Waals surface area contributed by atoms with E-state index < -0.39 is 25.9 Å². The average Bonchev–Trinajstić information content (AvgIpc) is 2.64. The minimum absolute atomic E-state index is 0.0757. The first-order chi connectivity index (χ1) is 15.1. The Balaban J connectivity index is 2.04. The Kier molecular flexibility index (Phi) is 8.70. The van der Waals surface area contributed by atoms with Gasteiger partial charge in [-0.25, -0.2) is 4.79 Å². The third kappa shape index (κ3) is 8.71. The van der Waals surface area contributed by atoms with E-state index in [0.29, 0.717) is 56.2 Å². The molecule has 2 rings (SSSR count). The molecule has 1 aromatic rings. The number of benzene rings is 1. The summed E-state index contributed by atoms with van der Waals surface area (Å²) in [6, 6.07) is 5.49. The van der Waals surface area contributed by atoms with E-state index in [1.54, 1.807) is 0 Å². The summed E-state index contributed by atoms with van der Waals surface area (Å²) in [5, 5.41) is 17.4. The molecule has 188 valence electrons. The first-order valence-electron chi connectivity index (χ1n) is 11.7. The normalized spacial score (nSPS) is 16.0. The lowest BCUT2D eigenvalue weighted by Gasteiger charge is -2.43. The lowest BCUT2D eigenvalue weighted by molar-refractivity contribution is -0.128. The largest absolute Gasteiger partial charge is 0.486 e. The van der Waals surface area contributed by atoms with Crippen molar-refractivity contribution in [3.05, 3.63) is 18.2 Å². The molecule has 33 heavy (non-hydrogen) atoms. The molecular weight excluding hydrogens is 440 g/mol. The molecule has 1 amide bonds. The summed E-state index contributed by atoms with van der Waals surface area (Å²) in [6.07, 6.45) is 1.22. The van der Waals surface area contributed by atoms with Crippen LogP contribution in [0.25, 0.3) is 0 Å². The van der Waals surface area contributed by atoms with E-state index in [1.807, 2.05) is 39.0 Å². The van der Waals surface area contributed by atoms with Crippen LogP contribution in [0.1, 0.15) is 60.8 Å². The predicted molar refractivity (Wildman–Crippen MR) is 132 cm³/mol. The third-order valence-electron chi connectivity index (χ3n) is 5.72. The monoisotopic (exact) mass is 482 g/mol. The molecule has 0 aliphatic carbocycles. The van der Waals surface area contributed by atoms with Gasteiger partial charge in [-0.15, -0.1) is 0 Å². The lowest BCUT2D eigenvalue weighted by Crippen LogP contribution is -2.53. The number of ether oxygens (including phenoxy) is 3. The molecule has 0 saturated heterocycles. The summed E-state index contributed by atoms with van der Waals surface area (Å²) in [5.74, 6) is -0.227. The summed E-state index contributed by atoms with van der Waals surface area (Å²) in [5.41, 5.74) is 0.155. The minimum Gasteiger partial charge on any atom is -0.486 e. The van der Waals surface area contributed by atoms with Crippen LogP contribution in [0.4, 0.5) is 10.5 Å². The zero-order valence-corrected chi connectivity index (χ0v) is 22.5. The highest BCUT2D eigenvalue weighted by molar-refractivity contribution is 6.74. The molecule has 0 aromatic heterocycles. The highest BCUT2D eigenvalue weighted by Gasteiger charge is 2.44. The smallest absolute Gasteiger partial charge is 0.407 e. The Hall–Kier alpha value is -1.97. The van der Waals surface area contributed by atoms with Crippen LogP contribution in [0.5, 0.6) is 11.5 Å². The average molecular weight is 483 g/mol. The van der Waals surface area contributed by atoms with E-state index in [-0.39, 0.29) is 5.04 Å². The van der Waals surface area contributed by atoms with Crippen molar-refractivity contribution in [2.24, 2.45) is 0 Å². The number of carbonyl (C=O) groups is 1. The van der Waals surface area contributed by atoms with Gasteiger partial charge < -0.3 is 34.4 Å². The summed E-state index contributed by atoms with van der Waals surface area (Å²) in [6.45, 7) is 17.6. The molecule has 3 N–H and O–H groups in total. The van der Waals surface area contributed by atoms with Gasteiger partial charge in [-0.3, -0.25) is 0 Å². The second kappa shape index (κ2) is 10.5. The van der Waals surface area contributed by atoms with Gasteiger partial charge in [0.1, 0.15) is 18.8 Å². The van der Waals surface area contributed by atoms with Gasteiger partial charge in [0, 0.05) is 24.7 Å². The number of unbranched alkanes of at least 4 members (excludes halogenated alkanes) is 1. The Labute approximate surface area is 199 Å². The van der Waals surface area contributed by atoms with E-state index >= 15 is 0 Å². The molecule has 8 nitrogen and oxygen atoms in total. The molecule has 0 fully saturated rings. The molecule has 0 saturated carbocycles. The van der Waals surface area contributed by atoms with Crippen LogP contribution in [0.3, 0.4) is 0 Å². The quantitative estimate of drug-likeness (QED) is 0.252. The zero-order valence-electron chi connectivity index (χ0n) is 21.5. The Bertz CT molecular complexity index is 803. The maximum Gasteiger partial charge on any atom is 0.407 e. The van der Waals surface area contributed by atoms with Crippen LogP contribution < -0.4 is 20.1 Å². The van der Waals surface area contributed by atoms with Crippen molar-refractivity contribution in [1.82, 2.24) is 5.32 Å². The Morgan fingerprint density at radius 2 is 1.70 bits per heavy atom. The van der Waals surface area contributed by atoms with Crippen molar-refractivity contribution < 1.29 is 28.5 Å². The highest BCUT2D eigenvalue weighted by atomic mass is 28.4. The molecule has 0 radical (unpaired) electrons. The fourth-order valence-electron chi connectivity index (χ4n) is 3.06. The standard InChI is InChI=1S/C24H42N2O6Si/c1-22(2,3)31-21(27)25-14-10-9-13-24(28,32-33(7,8)23(4,5)6)26-18-11-12-19-20(17-18)30-16-15-29-19/h11-12,17,26,28H,9-10,13-16H2,1-8H3,(H,25,27). The molecule has 9 heteroatoms. The van der Waals surface area contributed by atoms with Crippen LogP contribution in [0.2, 0.25) is 18.1 Å². The fourth-order valence-corrected chi connectivity index (χ4v) is 4.36. The van der Waals surface area contributed by atoms with Crippen LogP contribution in [-0.2, 0) is 9.16 Å². The second-order valence-electron chi connectivity index (χ2n) is 11.0. The van der Waals surface area contributed by atoms with Crippen LogP contribution in [-0.4, -0.2) is 50.8 Å². The first-order valence-corrected chi connectivity index (χ1v) is 14.6. The number of fused-ring (bicyclic) bond motifs is 1. The number of carbonyl (C=O) groups excluding carboxylic acids is 1. The maximum absolute atomic E-state index is 11.8. The maximum atomic E-state index is 11.8. The van der Waals surface area contributed by atoms with E-state index in [9.17, 15) is 9.90 Å². The molecule has 0 bridgehead atoms. The fraction of sp³-hybridized carbons (Fsp3) is 0.708. The number of rotatable bonds is 9. The van der Waals surface area contributed by atoms with E-state index in [2.05, 4.69) is 44.5 Å². The molecular formula is C24H42N2O6Si. The van der Waals surface area contributed by atoms with E-state index in [4.69, 9.17) is 18.6 Å². The van der Waals surface area contributed by atoms with Gasteiger partial charge in [-0.1, -0.05) is 20.8 Å². The molecule has 1 aromatic carbocycles. The molecule has 0 spiro atoms. The molecule has 1 atom stereocenters. The summed E-state index contributed by atoms with van der Waals surface area (Å²) < 4.78 is 23.0. The van der Waals surface area contributed by atoms with Crippen molar-refractivity contribution in [2.45, 2.75) is 90.4 Å². The zero-order chi connectivity index (χ0) is 24.9. The molecule has 1 aliphatic rings. The minimum atomic E-state index is -2.29. The second-order valence-corrected chi connectivity index (χ2v) is 15.7. The summed E-state index contributed by atoms with van der Waals surface area (Å²) >= 11 is 0. The topological polar surface area (TPSA) is 98.3 Å². The van der Waals surface area contributed by atoms with Gasteiger partial charge in [0.2, 0.25) is 5.91 Å². The van der Waals surface area contributed by atoms with Gasteiger partial charge >= 0.3 is 6.09 Å². The van der Waals surface area contributed by atoms with Crippen LogP contribution in [0.15, 0.2) is 18.2 Å². The van der Waals surface area contributed by atoms with Gasteiger partial charge in [-0.2, -0.15) is 0 Å². The van der Waals surface area contributed by atoms with Crippen molar-refractivity contribution >= 4 is 20.1 Å². The molecule has 1 aliphatic heterocycles. The summed E-state index contributed by atoms with van der Waals surface area (Å²) in [7, 11) is -2.29. The van der Waals surface area contributed by atoms with Gasteiger partial charge in [0.15, 0.2) is 19.8 Å². The first kappa shape index (κ1) is 27.3. The van der Waals surface area contributed by atoms with E-state index in [1.165, 1.54) is 0 Å². The van der Waals surface area contributed by atoms with Gasteiger partial charge in [0.25, 0.3) is 0 Å².